The van der Waals surface area contributed by atoms with Gasteiger partial charge in [0.15, 0.2) is 0 Å². The molecular formula is H21B20I. The molecule has 0 bridgehead atoms. The van der Waals surface area contributed by atoms with Crippen molar-refractivity contribution in [2.24, 2.45) is 0 Å². The van der Waals surface area contributed by atoms with Crippen LogP contribution in [0.4, 0.5) is 0 Å². The molecule has 0 aromatic heterocycles. The van der Waals surface area contributed by atoms with Gasteiger partial charge in [0.25, 0.3) is 0 Å². The van der Waals surface area contributed by atoms with Gasteiger partial charge < -0.3 is 0 Å². The van der Waals surface area contributed by atoms with E-state index < -0.39 is 0 Å². The van der Waals surface area contributed by atoms with Crippen LogP contribution >= 0.6 is 22.4 Å². The van der Waals surface area contributed by atoms with Crippen LogP contribution in [0.25, 0.3) is 0 Å². The van der Waals surface area contributed by atoms with E-state index in [-0.39, 0.29) is 0 Å². The van der Waals surface area contributed by atoms with Crippen LogP contribution in [0.2, 0.25) is 0 Å². The topological polar surface area (TPSA) is 0 Å². The van der Waals surface area contributed by atoms with Gasteiger partial charge in [0.1, 0.15) is 4.35 Å². The molecule has 0 amide bonds. The lowest BCUT2D eigenvalue weighted by molar-refractivity contribution is 3.38. The van der Waals surface area contributed by atoms with E-state index in [0.29, 0.717) is 0 Å². The van der Waals surface area contributed by atoms with Crippen molar-refractivity contribution in [3.63, 3.8) is 0 Å². The van der Waals surface area contributed by atoms with Crippen LogP contribution in [0.15, 0.2) is 0 Å². The highest BCUT2D eigenvalue weighted by atomic mass is 127. The van der Waals surface area contributed by atoms with Crippen molar-refractivity contribution in [3.8, 4) is 0 Å². The first-order chi connectivity index (χ1) is 9.56. The van der Waals surface area contributed by atoms with Gasteiger partial charge in [-0.15, -0.1) is 0 Å². The highest BCUT2D eigenvalue weighted by Crippen LogP contribution is 2.12. The summed E-state index contributed by atoms with van der Waals surface area (Å²) >= 11 is 2.82. The van der Waals surface area contributed by atoms with Crippen molar-refractivity contribution in [1.82, 2.24) is 0 Å². The summed E-state index contributed by atoms with van der Waals surface area (Å²) < 4.78 is 0.785. The first-order valence-corrected chi connectivity index (χ1v) is 10.4. The van der Waals surface area contributed by atoms with Crippen LogP contribution in [0.5, 0.6) is 0 Å². The highest BCUT2D eigenvalue weighted by Gasteiger charge is 2.46. The molecule has 88 valence electrons. The van der Waals surface area contributed by atoms with E-state index in [4.69, 9.17) is 0 Å². The van der Waals surface area contributed by atoms with Gasteiger partial charge in [-0.25, -0.2) is 0 Å². The third-order valence-electron chi connectivity index (χ3n) is 5.56. The molecule has 0 aromatic carbocycles. The number of hydrogen-bond donors (Lipinski definition) is 0. The largest absolute Gasteiger partial charge is 0.173 e. The highest BCUT2D eigenvalue weighted by molar-refractivity contribution is 14.1. The molecule has 0 aromatic rings. The fraction of sp³-hybridized carbons (Fsp3) is 0. The van der Waals surface area contributed by atoms with Gasteiger partial charge >= 0.3 is 0 Å². The Kier molecular flexibility index (Phi) is 11.8. The van der Waals surface area contributed by atoms with E-state index in [1.165, 1.54) is 7.06 Å². The minimum absolute atomic E-state index is 0.776. The van der Waals surface area contributed by atoms with Crippen LogP contribution in [0.3, 0.4) is 0 Å². The molecule has 21 heavy (non-hydrogen) atoms. The summed E-state index contributed by atoms with van der Waals surface area (Å²) in [6.07, 6.45) is 6.43. The first-order valence-electron chi connectivity index (χ1n) is 9.20. The minimum Gasteiger partial charge on any atom is -0.173 e. The zero-order chi connectivity index (χ0) is 16.9. The van der Waals surface area contributed by atoms with Gasteiger partial charge in [-0.2, -0.15) is 22.4 Å². The van der Waals surface area contributed by atoms with E-state index >= 15 is 0 Å². The van der Waals surface area contributed by atoms with E-state index in [9.17, 15) is 0 Å². The molecule has 0 atom stereocenters. The number of rotatable bonds is 9. The molecular weight excluding hydrogens is 343 g/mol. The molecule has 0 radical (unpaired) electrons. The maximum Gasteiger partial charge on any atom is 0.120 e. The Bertz CT molecular complexity index is 251. The lowest BCUT2D eigenvalue weighted by atomic mass is 8.45. The smallest absolute Gasteiger partial charge is 0.120 e. The fourth-order valence-corrected chi connectivity index (χ4v) is 7.45. The maximum atomic E-state index is 2.82. The van der Waals surface area contributed by atoms with Gasteiger partial charge in [-0.05, 0) is 0 Å². The minimum atomic E-state index is 0.776. The normalized spacial score (nSPS) is 9.19. The second kappa shape index (κ2) is 10.8. The molecule has 0 aliphatic carbocycles. The van der Waals surface area contributed by atoms with Crippen LogP contribution in [-0.4, -0.2) is 140 Å². The molecule has 0 heterocycles. The van der Waals surface area contributed by atoms with Gasteiger partial charge in [0.05, 0.1) is 77.4 Å². The summed E-state index contributed by atoms with van der Waals surface area (Å²) in [4.78, 5) is 0. The lowest BCUT2D eigenvalue weighted by Gasteiger charge is -2.38. The third kappa shape index (κ3) is 6.81. The van der Waals surface area contributed by atoms with Crippen molar-refractivity contribution in [3.05, 3.63) is 0 Å². The molecule has 0 fully saturated rings. The molecule has 0 saturated carbocycles. The Hall–Kier alpha value is 2.03. The second-order valence-electron chi connectivity index (χ2n) is 8.54. The molecule has 0 unspecified atom stereocenters. The Morgan fingerprint density at radius 2 is 0.905 bits per heavy atom. The summed E-state index contributed by atoms with van der Waals surface area (Å²) in [5.41, 5.74) is 0. The fourth-order valence-electron chi connectivity index (χ4n) is 4.60. The Morgan fingerprint density at radius 1 is 0.571 bits per heavy atom. The van der Waals surface area contributed by atoms with E-state index in [1.807, 2.05) is 0 Å². The van der Waals surface area contributed by atoms with Gasteiger partial charge in [-0.1, -0.05) is 0 Å². The average Bonchev–Trinajstić information content (AvgIpc) is 2.32. The number of halogens is 1. The standard InChI is InChI=1S/B20H21I/c1-11-16(10)19(17(12(2)3)13(4)5)20(21)18(14(6)7)15(8)9/h11H,1-10H2. The molecule has 0 aliphatic rings. The Balaban J connectivity index is 5.58. The predicted molar refractivity (Wildman–Crippen MR) is 158 cm³/mol. The van der Waals surface area contributed by atoms with E-state index in [0.717, 1.165) is 55.4 Å². The van der Waals surface area contributed by atoms with Crippen LogP contribution < -0.4 is 0 Å². The quantitative estimate of drug-likeness (QED) is 0.282. The number of hydrogen-bond acceptors (Lipinski definition) is 0. The van der Waals surface area contributed by atoms with E-state index in [1.54, 1.807) is 0 Å². The zero-order valence-electron chi connectivity index (χ0n) is 16.3. The second-order valence-corrected chi connectivity index (χ2v) is 9.98. The average molecular weight is 364 g/mol. The van der Waals surface area contributed by atoms with Crippen molar-refractivity contribution in [1.29, 1.82) is 0 Å². The Labute approximate surface area is 161 Å². The molecule has 21 heteroatoms. The third-order valence-corrected chi connectivity index (χ3v) is 7.22. The predicted octanol–water partition coefficient (Wildman–Crippen LogP) is -12.4. The van der Waals surface area contributed by atoms with Gasteiger partial charge in [0, 0.05) is 58.1 Å². The first kappa shape index (κ1) is 23.0. The van der Waals surface area contributed by atoms with Crippen LogP contribution in [0, 0.1) is 0 Å². The molecule has 0 nitrogen and oxygen atoms in total. The van der Waals surface area contributed by atoms with Gasteiger partial charge in [0.2, 0.25) is 0 Å². The summed E-state index contributed by atoms with van der Waals surface area (Å²) in [5.74, 6) is 0. The van der Waals surface area contributed by atoms with E-state index in [2.05, 4.69) is 99.7 Å². The molecule has 0 N–H and O–H groups in total. The van der Waals surface area contributed by atoms with Crippen molar-refractivity contribution in [2.75, 3.05) is 0 Å². The van der Waals surface area contributed by atoms with Crippen molar-refractivity contribution in [2.45, 2.75) is 0 Å². The summed E-state index contributed by atoms with van der Waals surface area (Å²) in [5, 5.41) is 0. The maximum absolute atomic E-state index is 2.82. The molecule has 0 spiro atoms. The summed E-state index contributed by atoms with van der Waals surface area (Å²) in [6.45, 7) is 0. The molecule has 0 saturated heterocycles. The SMILES string of the molecule is BBB(B)B(B(I)B(B(B)B)B(B)B)B(B(B)B)B(B)B. The summed E-state index contributed by atoms with van der Waals surface area (Å²) in [7, 11) is 25.6. The van der Waals surface area contributed by atoms with Crippen molar-refractivity contribution < 1.29 is 0 Å². The molecule has 0 aliphatic heterocycles. The molecule has 0 rings (SSSR count). The van der Waals surface area contributed by atoms with Crippen molar-refractivity contribution >= 4 is 162 Å². The van der Waals surface area contributed by atoms with Crippen LogP contribution in [-0.2, 0) is 0 Å². The Morgan fingerprint density at radius 3 is 1.14 bits per heavy atom. The summed E-state index contributed by atoms with van der Waals surface area (Å²) in [6, 6.07) is 0. The van der Waals surface area contributed by atoms with Gasteiger partial charge in [-0.3, -0.25) is 0 Å². The monoisotopic (exact) mass is 368 g/mol. The lowest BCUT2D eigenvalue weighted by Crippen LogP contribution is -2.77. The zero-order valence-corrected chi connectivity index (χ0v) is 18.4. The van der Waals surface area contributed by atoms with Crippen LogP contribution in [0.1, 0.15) is 0 Å².